The van der Waals surface area contributed by atoms with Gasteiger partial charge in [-0.1, -0.05) is 30.9 Å². The fourth-order valence-corrected chi connectivity index (χ4v) is 3.10. The summed E-state index contributed by atoms with van der Waals surface area (Å²) in [5.74, 6) is 0.911. The van der Waals surface area contributed by atoms with Gasteiger partial charge in [0.1, 0.15) is 5.82 Å². The zero-order valence-electron chi connectivity index (χ0n) is 11.0. The Labute approximate surface area is 114 Å². The Balaban J connectivity index is 2.26. The highest BCUT2D eigenvalue weighted by molar-refractivity contribution is 6.33. The van der Waals surface area contributed by atoms with Gasteiger partial charge in [0.25, 0.3) is 0 Å². The van der Waals surface area contributed by atoms with Crippen LogP contribution in [0.4, 0.5) is 5.82 Å². The molecule has 0 bridgehead atoms. The molecular formula is C14H22ClN3. The van der Waals surface area contributed by atoms with Crippen LogP contribution in [0.25, 0.3) is 0 Å². The first-order valence-electron chi connectivity index (χ1n) is 6.88. The smallest absolute Gasteiger partial charge is 0.147 e. The molecule has 18 heavy (non-hydrogen) atoms. The number of hydrogen-bond acceptors (Lipinski definition) is 3. The van der Waals surface area contributed by atoms with Gasteiger partial charge in [-0.3, -0.25) is 0 Å². The van der Waals surface area contributed by atoms with Gasteiger partial charge in [-0.05, 0) is 31.4 Å². The molecule has 0 aromatic carbocycles. The molecule has 2 N–H and O–H groups in total. The molecule has 100 valence electrons. The summed E-state index contributed by atoms with van der Waals surface area (Å²) in [6.45, 7) is 3.59. The minimum atomic E-state index is 0.469. The van der Waals surface area contributed by atoms with Crippen LogP contribution in [0.3, 0.4) is 0 Å². The van der Waals surface area contributed by atoms with Gasteiger partial charge in [0.15, 0.2) is 0 Å². The first-order chi connectivity index (χ1) is 8.77. The Bertz CT molecular complexity index is 389. The maximum atomic E-state index is 6.42. The average molecular weight is 268 g/mol. The third-order valence-corrected chi connectivity index (χ3v) is 4.21. The average Bonchev–Trinajstić information content (AvgIpc) is 2.43. The first kappa shape index (κ1) is 13.6. The maximum absolute atomic E-state index is 6.42. The maximum Gasteiger partial charge on any atom is 0.147 e. The van der Waals surface area contributed by atoms with E-state index in [2.05, 4.69) is 16.8 Å². The second-order valence-corrected chi connectivity index (χ2v) is 5.27. The van der Waals surface area contributed by atoms with Crippen LogP contribution in [0.5, 0.6) is 0 Å². The fourth-order valence-electron chi connectivity index (χ4n) is 2.80. The van der Waals surface area contributed by atoms with Crippen molar-refractivity contribution < 1.29 is 0 Å². The van der Waals surface area contributed by atoms with Crippen molar-refractivity contribution >= 4 is 17.4 Å². The molecule has 1 aromatic rings. The van der Waals surface area contributed by atoms with Crippen molar-refractivity contribution in [2.75, 3.05) is 11.4 Å². The fraction of sp³-hybridized carbons (Fsp3) is 0.643. The van der Waals surface area contributed by atoms with Crippen molar-refractivity contribution in [3.63, 3.8) is 0 Å². The van der Waals surface area contributed by atoms with Crippen molar-refractivity contribution in [2.45, 2.75) is 51.6 Å². The van der Waals surface area contributed by atoms with Crippen LogP contribution in [0, 0.1) is 0 Å². The van der Waals surface area contributed by atoms with Crippen LogP contribution in [0.2, 0.25) is 5.02 Å². The van der Waals surface area contributed by atoms with E-state index in [0.717, 1.165) is 22.9 Å². The van der Waals surface area contributed by atoms with E-state index in [4.69, 9.17) is 17.3 Å². The summed E-state index contributed by atoms with van der Waals surface area (Å²) in [6, 6.07) is 2.49. The van der Waals surface area contributed by atoms with Gasteiger partial charge in [-0.25, -0.2) is 4.98 Å². The molecule has 0 spiro atoms. The normalized spacial score (nSPS) is 16.8. The van der Waals surface area contributed by atoms with Crippen LogP contribution < -0.4 is 10.6 Å². The van der Waals surface area contributed by atoms with Gasteiger partial charge in [0.2, 0.25) is 0 Å². The van der Waals surface area contributed by atoms with Gasteiger partial charge < -0.3 is 10.6 Å². The summed E-state index contributed by atoms with van der Waals surface area (Å²) >= 11 is 6.42. The first-order valence-corrected chi connectivity index (χ1v) is 7.25. The van der Waals surface area contributed by atoms with Crippen molar-refractivity contribution in [1.29, 1.82) is 0 Å². The summed E-state index contributed by atoms with van der Waals surface area (Å²) in [7, 11) is 0. The Kier molecular flexibility index (Phi) is 4.84. The minimum Gasteiger partial charge on any atom is -0.353 e. The van der Waals surface area contributed by atoms with Crippen LogP contribution in [0.1, 0.15) is 44.6 Å². The molecule has 0 aliphatic heterocycles. The van der Waals surface area contributed by atoms with Crippen molar-refractivity contribution in [2.24, 2.45) is 5.73 Å². The highest BCUT2D eigenvalue weighted by atomic mass is 35.5. The standard InChI is InChI=1S/C14H22ClN3/c1-2-18(12-6-4-3-5-7-12)14-13(15)11(10-16)8-9-17-14/h8-9,12H,2-7,10,16H2,1H3. The Morgan fingerprint density at radius 3 is 2.72 bits per heavy atom. The molecule has 4 heteroatoms. The highest BCUT2D eigenvalue weighted by Crippen LogP contribution is 2.32. The lowest BCUT2D eigenvalue weighted by Crippen LogP contribution is -2.37. The lowest BCUT2D eigenvalue weighted by Gasteiger charge is -2.35. The summed E-state index contributed by atoms with van der Waals surface area (Å²) in [4.78, 5) is 6.82. The molecule has 1 heterocycles. The van der Waals surface area contributed by atoms with E-state index in [0.29, 0.717) is 12.6 Å². The highest BCUT2D eigenvalue weighted by Gasteiger charge is 2.23. The molecule has 0 amide bonds. The minimum absolute atomic E-state index is 0.469. The summed E-state index contributed by atoms with van der Waals surface area (Å²) < 4.78 is 0. The molecule has 0 unspecified atom stereocenters. The number of nitrogens with two attached hydrogens (primary N) is 1. The van der Waals surface area contributed by atoms with E-state index in [1.54, 1.807) is 0 Å². The zero-order chi connectivity index (χ0) is 13.0. The molecule has 0 radical (unpaired) electrons. The second-order valence-electron chi connectivity index (χ2n) is 4.89. The van der Waals surface area contributed by atoms with Crippen LogP contribution >= 0.6 is 11.6 Å². The summed E-state index contributed by atoms with van der Waals surface area (Å²) in [5.41, 5.74) is 6.69. The lowest BCUT2D eigenvalue weighted by molar-refractivity contribution is 0.416. The third kappa shape index (κ3) is 2.78. The predicted octanol–water partition coefficient (Wildman–Crippen LogP) is 3.35. The number of pyridine rings is 1. The van der Waals surface area contributed by atoms with Crippen LogP contribution in [-0.2, 0) is 6.54 Å². The largest absolute Gasteiger partial charge is 0.353 e. The lowest BCUT2D eigenvalue weighted by atomic mass is 9.94. The van der Waals surface area contributed by atoms with E-state index in [-0.39, 0.29) is 0 Å². The monoisotopic (exact) mass is 267 g/mol. The molecule has 0 atom stereocenters. The van der Waals surface area contributed by atoms with E-state index in [9.17, 15) is 0 Å². The number of rotatable bonds is 4. The Hall–Kier alpha value is -0.800. The molecule has 1 fully saturated rings. The van der Waals surface area contributed by atoms with Gasteiger partial charge in [-0.15, -0.1) is 0 Å². The van der Waals surface area contributed by atoms with Gasteiger partial charge in [0.05, 0.1) is 5.02 Å². The van der Waals surface area contributed by atoms with E-state index in [1.165, 1.54) is 32.1 Å². The van der Waals surface area contributed by atoms with E-state index >= 15 is 0 Å². The molecular weight excluding hydrogens is 246 g/mol. The summed E-state index contributed by atoms with van der Waals surface area (Å²) in [5, 5.41) is 0.729. The number of hydrogen-bond donors (Lipinski definition) is 1. The van der Waals surface area contributed by atoms with Crippen molar-refractivity contribution in [3.05, 3.63) is 22.8 Å². The second kappa shape index (κ2) is 6.39. The third-order valence-electron chi connectivity index (χ3n) is 3.80. The molecule has 1 aliphatic rings. The Morgan fingerprint density at radius 2 is 2.11 bits per heavy atom. The van der Waals surface area contributed by atoms with E-state index < -0.39 is 0 Å². The predicted molar refractivity (Wildman–Crippen MR) is 77.0 cm³/mol. The molecule has 1 saturated carbocycles. The van der Waals surface area contributed by atoms with E-state index in [1.807, 2.05) is 12.3 Å². The van der Waals surface area contributed by atoms with Crippen LogP contribution in [-0.4, -0.2) is 17.6 Å². The number of nitrogens with zero attached hydrogens (tertiary/aromatic N) is 2. The van der Waals surface area contributed by atoms with Crippen molar-refractivity contribution in [1.82, 2.24) is 4.98 Å². The quantitative estimate of drug-likeness (QED) is 0.910. The van der Waals surface area contributed by atoms with Gasteiger partial charge in [0, 0.05) is 25.3 Å². The van der Waals surface area contributed by atoms with Gasteiger partial charge in [-0.2, -0.15) is 0 Å². The van der Waals surface area contributed by atoms with Crippen molar-refractivity contribution in [3.8, 4) is 0 Å². The number of aromatic nitrogens is 1. The van der Waals surface area contributed by atoms with Crippen LogP contribution in [0.15, 0.2) is 12.3 Å². The molecule has 3 nitrogen and oxygen atoms in total. The van der Waals surface area contributed by atoms with Gasteiger partial charge >= 0.3 is 0 Å². The topological polar surface area (TPSA) is 42.2 Å². The zero-order valence-corrected chi connectivity index (χ0v) is 11.8. The number of halogens is 1. The molecule has 0 saturated heterocycles. The Morgan fingerprint density at radius 1 is 1.39 bits per heavy atom. The molecule has 1 aliphatic carbocycles. The molecule has 1 aromatic heterocycles. The SMILES string of the molecule is CCN(c1nccc(CN)c1Cl)C1CCCCC1. The summed E-state index contributed by atoms with van der Waals surface area (Å²) in [6.07, 6.45) is 8.30. The molecule has 2 rings (SSSR count). The number of anilines is 1.